The zero-order valence-corrected chi connectivity index (χ0v) is 13.9. The molecular formula is C19H25N3O2. The van der Waals surface area contributed by atoms with Crippen molar-refractivity contribution in [3.8, 4) is 0 Å². The average molecular weight is 327 g/mol. The van der Waals surface area contributed by atoms with Crippen LogP contribution in [0.5, 0.6) is 0 Å². The number of para-hydroxylation sites is 1. The lowest BCUT2D eigenvalue weighted by molar-refractivity contribution is 0.117. The number of nitrogens with one attached hydrogen (secondary N) is 2. The van der Waals surface area contributed by atoms with Gasteiger partial charge in [-0.15, -0.1) is 0 Å². The molecule has 5 heteroatoms. The monoisotopic (exact) mass is 327 g/mol. The Morgan fingerprint density at radius 1 is 1.25 bits per heavy atom. The quantitative estimate of drug-likeness (QED) is 0.794. The number of urea groups is 1. The zero-order chi connectivity index (χ0) is 16.5. The van der Waals surface area contributed by atoms with Gasteiger partial charge in [-0.1, -0.05) is 37.5 Å². The van der Waals surface area contributed by atoms with Crippen LogP contribution >= 0.6 is 0 Å². The molecule has 128 valence electrons. The van der Waals surface area contributed by atoms with Gasteiger partial charge in [0.2, 0.25) is 0 Å². The van der Waals surface area contributed by atoms with E-state index in [-0.39, 0.29) is 24.7 Å². The van der Waals surface area contributed by atoms with Crippen LogP contribution in [0.25, 0.3) is 10.9 Å². The van der Waals surface area contributed by atoms with Gasteiger partial charge in [0.25, 0.3) is 0 Å². The maximum absolute atomic E-state index is 12.8. The molecule has 1 aromatic heterocycles. The smallest absolute Gasteiger partial charge is 0.318 e. The maximum atomic E-state index is 12.8. The van der Waals surface area contributed by atoms with Crippen molar-refractivity contribution in [2.45, 2.75) is 57.2 Å². The van der Waals surface area contributed by atoms with Gasteiger partial charge in [-0.05, 0) is 30.9 Å². The van der Waals surface area contributed by atoms with Crippen LogP contribution in [0.3, 0.4) is 0 Å². The lowest BCUT2D eigenvalue weighted by Gasteiger charge is -2.36. The van der Waals surface area contributed by atoms with Crippen LogP contribution in [0.1, 0.15) is 43.4 Å². The Morgan fingerprint density at radius 3 is 2.83 bits per heavy atom. The highest BCUT2D eigenvalue weighted by Crippen LogP contribution is 2.30. The molecule has 1 aliphatic heterocycles. The van der Waals surface area contributed by atoms with E-state index in [1.54, 1.807) is 4.90 Å². The Labute approximate surface area is 142 Å². The van der Waals surface area contributed by atoms with E-state index in [1.807, 2.05) is 12.1 Å². The standard InChI is InChI=1S/C19H25N3O2/c23-12-14-10-16-15-8-4-5-9-17(15)21-18(16)11-22(14)19(24)20-13-6-2-1-3-7-13/h4-5,8-9,13-14,21,23H,1-3,6-7,10-12H2,(H,20,24). The molecule has 2 aliphatic rings. The van der Waals surface area contributed by atoms with E-state index in [0.717, 1.165) is 24.1 Å². The number of carbonyl (C=O) groups excluding carboxylic acids is 1. The van der Waals surface area contributed by atoms with Crippen LogP contribution in [0.15, 0.2) is 24.3 Å². The molecule has 1 unspecified atom stereocenters. The fourth-order valence-corrected chi connectivity index (χ4v) is 4.17. The summed E-state index contributed by atoms with van der Waals surface area (Å²) in [5, 5.41) is 14.2. The van der Waals surface area contributed by atoms with E-state index in [2.05, 4.69) is 22.4 Å². The van der Waals surface area contributed by atoms with Crippen LogP contribution in [-0.2, 0) is 13.0 Å². The van der Waals surface area contributed by atoms with E-state index in [0.29, 0.717) is 13.0 Å². The second-order valence-electron chi connectivity index (χ2n) is 7.08. The number of amides is 2. The normalized spacial score (nSPS) is 21.7. The maximum Gasteiger partial charge on any atom is 0.318 e. The number of benzene rings is 1. The lowest BCUT2D eigenvalue weighted by atomic mass is 9.95. The summed E-state index contributed by atoms with van der Waals surface area (Å²) in [4.78, 5) is 18.0. The van der Waals surface area contributed by atoms with Gasteiger partial charge in [0, 0.05) is 22.6 Å². The van der Waals surface area contributed by atoms with Gasteiger partial charge >= 0.3 is 6.03 Å². The van der Waals surface area contributed by atoms with Crippen molar-refractivity contribution in [2.24, 2.45) is 0 Å². The summed E-state index contributed by atoms with van der Waals surface area (Å²) in [6.45, 7) is 0.533. The molecule has 2 heterocycles. The van der Waals surface area contributed by atoms with Gasteiger partial charge in [-0.25, -0.2) is 4.79 Å². The molecule has 5 nitrogen and oxygen atoms in total. The van der Waals surface area contributed by atoms with Gasteiger partial charge in [-0.2, -0.15) is 0 Å². The highest BCUT2D eigenvalue weighted by Gasteiger charge is 2.32. The first-order chi connectivity index (χ1) is 11.8. The third-order valence-electron chi connectivity index (χ3n) is 5.52. The van der Waals surface area contributed by atoms with Gasteiger partial charge in [-0.3, -0.25) is 0 Å². The van der Waals surface area contributed by atoms with Crippen LogP contribution in [-0.4, -0.2) is 39.7 Å². The Morgan fingerprint density at radius 2 is 2.04 bits per heavy atom. The molecule has 1 saturated carbocycles. The SMILES string of the molecule is O=C(NC1CCCCC1)N1Cc2[nH]c3ccccc3c2CC1CO. The van der Waals surface area contributed by atoms with Gasteiger partial charge in [0.1, 0.15) is 0 Å². The number of carbonyl (C=O) groups is 1. The average Bonchev–Trinajstić information content (AvgIpc) is 2.99. The second-order valence-corrected chi connectivity index (χ2v) is 7.08. The van der Waals surface area contributed by atoms with Crippen molar-refractivity contribution in [2.75, 3.05) is 6.61 Å². The summed E-state index contributed by atoms with van der Waals surface area (Å²) >= 11 is 0. The predicted molar refractivity (Wildman–Crippen MR) is 93.8 cm³/mol. The second kappa shape index (κ2) is 6.48. The number of aliphatic hydroxyl groups excluding tert-OH is 1. The number of nitrogens with zero attached hydrogens (tertiary/aromatic N) is 1. The molecule has 2 aromatic rings. The van der Waals surface area contributed by atoms with E-state index in [9.17, 15) is 9.90 Å². The molecule has 0 radical (unpaired) electrons. The first-order valence-electron chi connectivity index (χ1n) is 9.02. The number of fused-ring (bicyclic) bond motifs is 3. The van der Waals surface area contributed by atoms with E-state index in [1.165, 1.54) is 30.2 Å². The molecule has 1 atom stereocenters. The molecule has 0 spiro atoms. The molecule has 1 aliphatic carbocycles. The minimum Gasteiger partial charge on any atom is -0.394 e. The first-order valence-corrected chi connectivity index (χ1v) is 9.02. The lowest BCUT2D eigenvalue weighted by Crippen LogP contribution is -2.52. The molecule has 1 fully saturated rings. The number of aromatic nitrogens is 1. The molecule has 2 amide bonds. The molecule has 0 saturated heterocycles. The summed E-state index contributed by atoms with van der Waals surface area (Å²) in [5.74, 6) is 0. The van der Waals surface area contributed by atoms with Crippen LogP contribution in [0, 0.1) is 0 Å². The number of aliphatic hydroxyl groups is 1. The number of hydrogen-bond acceptors (Lipinski definition) is 2. The number of aromatic amines is 1. The molecule has 24 heavy (non-hydrogen) atoms. The van der Waals surface area contributed by atoms with E-state index < -0.39 is 0 Å². The summed E-state index contributed by atoms with van der Waals surface area (Å²) in [7, 11) is 0. The fraction of sp³-hybridized carbons (Fsp3) is 0.526. The van der Waals surface area contributed by atoms with Gasteiger partial charge < -0.3 is 20.3 Å². The number of hydrogen-bond donors (Lipinski definition) is 3. The van der Waals surface area contributed by atoms with Crippen LogP contribution < -0.4 is 5.32 Å². The minimum atomic E-state index is -0.153. The van der Waals surface area contributed by atoms with E-state index >= 15 is 0 Å². The predicted octanol–water partition coefficient (Wildman–Crippen LogP) is 2.93. The highest BCUT2D eigenvalue weighted by atomic mass is 16.3. The summed E-state index contributed by atoms with van der Waals surface area (Å²) in [6.07, 6.45) is 6.50. The van der Waals surface area contributed by atoms with Crippen molar-refractivity contribution < 1.29 is 9.90 Å². The van der Waals surface area contributed by atoms with Gasteiger partial charge in [0.05, 0.1) is 19.2 Å². The molecule has 1 aromatic carbocycles. The van der Waals surface area contributed by atoms with Crippen LogP contribution in [0.2, 0.25) is 0 Å². The Balaban J connectivity index is 1.56. The summed E-state index contributed by atoms with van der Waals surface area (Å²) < 4.78 is 0. The third kappa shape index (κ3) is 2.77. The molecule has 4 rings (SSSR count). The van der Waals surface area contributed by atoms with Crippen LogP contribution in [0.4, 0.5) is 4.79 Å². The highest BCUT2D eigenvalue weighted by molar-refractivity contribution is 5.85. The number of H-pyrrole nitrogens is 1. The van der Waals surface area contributed by atoms with E-state index in [4.69, 9.17) is 0 Å². The largest absolute Gasteiger partial charge is 0.394 e. The fourth-order valence-electron chi connectivity index (χ4n) is 4.17. The Kier molecular flexibility index (Phi) is 4.19. The van der Waals surface area contributed by atoms with Crippen molar-refractivity contribution in [1.29, 1.82) is 0 Å². The Bertz CT molecular complexity index is 733. The van der Waals surface area contributed by atoms with Gasteiger partial charge in [0.15, 0.2) is 0 Å². The third-order valence-corrected chi connectivity index (χ3v) is 5.52. The summed E-state index contributed by atoms with van der Waals surface area (Å²) in [6, 6.07) is 8.32. The molecule has 3 N–H and O–H groups in total. The van der Waals surface area contributed by atoms with Crippen molar-refractivity contribution in [3.05, 3.63) is 35.5 Å². The topological polar surface area (TPSA) is 68.4 Å². The minimum absolute atomic E-state index is 0.00294. The number of rotatable bonds is 2. The zero-order valence-electron chi connectivity index (χ0n) is 13.9. The molecule has 0 bridgehead atoms. The first kappa shape index (κ1) is 15.5. The molecular weight excluding hydrogens is 302 g/mol. The van der Waals surface area contributed by atoms with Crippen molar-refractivity contribution in [1.82, 2.24) is 15.2 Å². The van der Waals surface area contributed by atoms with Crippen molar-refractivity contribution >= 4 is 16.9 Å². The summed E-state index contributed by atoms with van der Waals surface area (Å²) in [5.41, 5.74) is 3.44. The van der Waals surface area contributed by atoms with Crippen molar-refractivity contribution in [3.63, 3.8) is 0 Å². The Hall–Kier alpha value is -2.01.